The van der Waals surface area contributed by atoms with Gasteiger partial charge < -0.3 is 10.6 Å². The number of rotatable bonds is 6. The van der Waals surface area contributed by atoms with Gasteiger partial charge in [0, 0.05) is 19.0 Å². The highest BCUT2D eigenvalue weighted by atomic mass is 32.1. The standard InChI is InChI=1S/C17H22N4O2S/c22-16(9-10-18-17(23)14-7-4-12-24-14)20-15-8-11-19-21(15)13-5-2-1-3-6-13/h4,7-8,11-13H,1-3,5-6,9-10H2,(H,18,23)(H,20,22). The van der Waals surface area contributed by atoms with Gasteiger partial charge in [-0.2, -0.15) is 5.10 Å². The molecule has 1 saturated carbocycles. The van der Waals surface area contributed by atoms with E-state index < -0.39 is 0 Å². The molecule has 0 spiro atoms. The molecule has 0 aliphatic heterocycles. The predicted octanol–water partition coefficient (Wildman–Crippen LogP) is 3.21. The van der Waals surface area contributed by atoms with E-state index in [0.29, 0.717) is 17.5 Å². The molecule has 0 saturated heterocycles. The minimum Gasteiger partial charge on any atom is -0.351 e. The minimum absolute atomic E-state index is 0.112. The molecule has 1 aliphatic rings. The third-order valence-corrected chi connectivity index (χ3v) is 5.11. The van der Waals surface area contributed by atoms with Crippen molar-refractivity contribution in [3.63, 3.8) is 0 Å². The molecule has 0 radical (unpaired) electrons. The Kier molecular flexibility index (Phi) is 5.63. The van der Waals surface area contributed by atoms with Crippen molar-refractivity contribution < 1.29 is 9.59 Å². The topological polar surface area (TPSA) is 76.0 Å². The quantitative estimate of drug-likeness (QED) is 0.843. The zero-order valence-electron chi connectivity index (χ0n) is 13.5. The van der Waals surface area contributed by atoms with Crippen LogP contribution in [0.3, 0.4) is 0 Å². The monoisotopic (exact) mass is 346 g/mol. The lowest BCUT2D eigenvalue weighted by atomic mass is 9.96. The third-order valence-electron chi connectivity index (χ3n) is 4.24. The molecule has 2 N–H and O–H groups in total. The number of anilines is 1. The third kappa shape index (κ3) is 4.23. The Morgan fingerprint density at radius 3 is 2.83 bits per heavy atom. The van der Waals surface area contributed by atoms with E-state index >= 15 is 0 Å². The summed E-state index contributed by atoms with van der Waals surface area (Å²) < 4.78 is 1.93. The number of carbonyl (C=O) groups is 2. The number of nitrogens with zero attached hydrogens (tertiary/aromatic N) is 2. The number of thiophene rings is 1. The van der Waals surface area contributed by atoms with Gasteiger partial charge >= 0.3 is 0 Å². The number of hydrogen-bond acceptors (Lipinski definition) is 4. The zero-order chi connectivity index (χ0) is 16.8. The van der Waals surface area contributed by atoms with E-state index in [1.807, 2.05) is 22.2 Å². The fraction of sp³-hybridized carbons (Fsp3) is 0.471. The number of amides is 2. The molecule has 2 aromatic heterocycles. The van der Waals surface area contributed by atoms with Gasteiger partial charge in [0.25, 0.3) is 5.91 Å². The Morgan fingerprint density at radius 2 is 2.08 bits per heavy atom. The second kappa shape index (κ2) is 8.10. The average Bonchev–Trinajstić information content (AvgIpc) is 3.27. The van der Waals surface area contributed by atoms with Crippen molar-refractivity contribution >= 4 is 29.0 Å². The first-order chi connectivity index (χ1) is 11.7. The van der Waals surface area contributed by atoms with Crippen LogP contribution in [0, 0.1) is 0 Å². The summed E-state index contributed by atoms with van der Waals surface area (Å²) in [6, 6.07) is 5.81. The van der Waals surface area contributed by atoms with Crippen LogP contribution < -0.4 is 10.6 Å². The summed E-state index contributed by atoms with van der Waals surface area (Å²) in [5.74, 6) is 0.501. The van der Waals surface area contributed by atoms with E-state index in [2.05, 4.69) is 15.7 Å². The van der Waals surface area contributed by atoms with E-state index in [-0.39, 0.29) is 18.2 Å². The first kappa shape index (κ1) is 16.7. The lowest BCUT2D eigenvalue weighted by Gasteiger charge is -2.23. The number of nitrogens with one attached hydrogen (secondary N) is 2. The Hall–Kier alpha value is -2.15. The minimum atomic E-state index is -0.134. The highest BCUT2D eigenvalue weighted by molar-refractivity contribution is 7.12. The highest BCUT2D eigenvalue weighted by Gasteiger charge is 2.19. The summed E-state index contributed by atoms with van der Waals surface area (Å²) in [6.07, 6.45) is 7.90. The van der Waals surface area contributed by atoms with E-state index in [1.165, 1.54) is 30.6 Å². The normalized spacial score (nSPS) is 15.2. The van der Waals surface area contributed by atoms with Gasteiger partial charge in [-0.05, 0) is 24.3 Å². The van der Waals surface area contributed by atoms with Gasteiger partial charge in [-0.3, -0.25) is 9.59 Å². The molecule has 0 atom stereocenters. The van der Waals surface area contributed by atoms with Crippen LogP contribution in [0.4, 0.5) is 5.82 Å². The molecule has 2 heterocycles. The second-order valence-corrected chi connectivity index (χ2v) is 6.93. The molecule has 1 aliphatic carbocycles. The maximum absolute atomic E-state index is 12.1. The van der Waals surface area contributed by atoms with Crippen LogP contribution >= 0.6 is 11.3 Å². The summed E-state index contributed by atoms with van der Waals surface area (Å²) in [4.78, 5) is 24.6. The number of hydrogen-bond donors (Lipinski definition) is 2. The molecule has 3 rings (SSSR count). The Balaban J connectivity index is 1.47. The molecule has 128 valence electrons. The molecular weight excluding hydrogens is 324 g/mol. The van der Waals surface area contributed by atoms with Gasteiger partial charge in [0.1, 0.15) is 5.82 Å². The Labute approximate surface area is 145 Å². The van der Waals surface area contributed by atoms with Crippen LogP contribution in [0.5, 0.6) is 0 Å². The number of carbonyl (C=O) groups excluding carboxylic acids is 2. The van der Waals surface area contributed by atoms with Crippen LogP contribution in [0.15, 0.2) is 29.8 Å². The summed E-state index contributed by atoms with van der Waals surface area (Å²) in [5, 5.41) is 11.9. The predicted molar refractivity (Wildman–Crippen MR) is 94.2 cm³/mol. The molecule has 2 amide bonds. The second-order valence-electron chi connectivity index (χ2n) is 5.98. The molecule has 2 aromatic rings. The van der Waals surface area contributed by atoms with E-state index in [4.69, 9.17) is 0 Å². The highest BCUT2D eigenvalue weighted by Crippen LogP contribution is 2.29. The van der Waals surface area contributed by atoms with Crippen molar-refractivity contribution in [3.8, 4) is 0 Å². The number of aromatic nitrogens is 2. The van der Waals surface area contributed by atoms with Crippen LogP contribution in [0.2, 0.25) is 0 Å². The summed E-state index contributed by atoms with van der Waals surface area (Å²) >= 11 is 1.39. The smallest absolute Gasteiger partial charge is 0.261 e. The summed E-state index contributed by atoms with van der Waals surface area (Å²) in [5.41, 5.74) is 0. The van der Waals surface area contributed by atoms with Gasteiger partial charge in [0.05, 0.1) is 17.1 Å². The Morgan fingerprint density at radius 1 is 1.25 bits per heavy atom. The first-order valence-electron chi connectivity index (χ1n) is 8.39. The van der Waals surface area contributed by atoms with Crippen molar-refractivity contribution in [2.45, 2.75) is 44.6 Å². The van der Waals surface area contributed by atoms with Crippen LogP contribution in [-0.4, -0.2) is 28.1 Å². The van der Waals surface area contributed by atoms with Crippen molar-refractivity contribution in [3.05, 3.63) is 34.7 Å². The van der Waals surface area contributed by atoms with Crippen LogP contribution in [0.25, 0.3) is 0 Å². The molecule has 0 unspecified atom stereocenters. The molecule has 0 aromatic carbocycles. The molecule has 1 fully saturated rings. The maximum Gasteiger partial charge on any atom is 0.261 e. The Bertz CT molecular complexity index is 675. The summed E-state index contributed by atoms with van der Waals surface area (Å²) in [7, 11) is 0. The lowest BCUT2D eigenvalue weighted by Crippen LogP contribution is -2.27. The van der Waals surface area contributed by atoms with Crippen LogP contribution in [0.1, 0.15) is 54.2 Å². The van der Waals surface area contributed by atoms with Gasteiger partial charge in [0.15, 0.2) is 0 Å². The van der Waals surface area contributed by atoms with Crippen molar-refractivity contribution in [2.24, 2.45) is 0 Å². The SMILES string of the molecule is O=C(CCNC(=O)c1cccs1)Nc1ccnn1C1CCCCC1. The van der Waals surface area contributed by atoms with Gasteiger partial charge in [0.2, 0.25) is 5.91 Å². The van der Waals surface area contributed by atoms with Gasteiger partial charge in [-0.1, -0.05) is 25.3 Å². The van der Waals surface area contributed by atoms with Crippen molar-refractivity contribution in [1.29, 1.82) is 0 Å². The van der Waals surface area contributed by atoms with Gasteiger partial charge in [-0.25, -0.2) is 4.68 Å². The largest absolute Gasteiger partial charge is 0.351 e. The van der Waals surface area contributed by atoms with Crippen LogP contribution in [-0.2, 0) is 4.79 Å². The summed E-state index contributed by atoms with van der Waals surface area (Å²) in [6.45, 7) is 0.320. The van der Waals surface area contributed by atoms with E-state index in [1.54, 1.807) is 12.3 Å². The van der Waals surface area contributed by atoms with Gasteiger partial charge in [-0.15, -0.1) is 11.3 Å². The molecule has 0 bridgehead atoms. The average molecular weight is 346 g/mol. The molecular formula is C17H22N4O2S. The fourth-order valence-corrected chi connectivity index (χ4v) is 3.66. The van der Waals surface area contributed by atoms with E-state index in [9.17, 15) is 9.59 Å². The molecule has 24 heavy (non-hydrogen) atoms. The van der Waals surface area contributed by atoms with Crippen molar-refractivity contribution in [1.82, 2.24) is 15.1 Å². The molecule has 7 heteroatoms. The van der Waals surface area contributed by atoms with E-state index in [0.717, 1.165) is 18.7 Å². The van der Waals surface area contributed by atoms with Crippen molar-refractivity contribution in [2.75, 3.05) is 11.9 Å². The maximum atomic E-state index is 12.1. The first-order valence-corrected chi connectivity index (χ1v) is 9.27. The molecule has 6 nitrogen and oxygen atoms in total. The zero-order valence-corrected chi connectivity index (χ0v) is 14.3. The lowest BCUT2D eigenvalue weighted by molar-refractivity contribution is -0.116. The fourth-order valence-electron chi connectivity index (χ4n) is 3.02.